The van der Waals surface area contributed by atoms with Crippen LogP contribution in [0.3, 0.4) is 0 Å². The largest absolute Gasteiger partial charge is 0.481 e. The summed E-state index contributed by atoms with van der Waals surface area (Å²) >= 11 is 3.45. The van der Waals surface area contributed by atoms with Gasteiger partial charge in [0.15, 0.2) is 5.90 Å². The van der Waals surface area contributed by atoms with Gasteiger partial charge in [0.05, 0.1) is 12.5 Å². The van der Waals surface area contributed by atoms with E-state index >= 15 is 0 Å². The number of aliphatic carboxylic acids is 1. The van der Waals surface area contributed by atoms with Crippen molar-refractivity contribution in [3.63, 3.8) is 0 Å². The fourth-order valence-corrected chi connectivity index (χ4v) is 2.10. The van der Waals surface area contributed by atoms with Crippen molar-refractivity contribution in [3.05, 3.63) is 34.3 Å². The number of rotatable bonds is 4. The van der Waals surface area contributed by atoms with Crippen LogP contribution in [0.4, 0.5) is 0 Å². The first kappa shape index (κ1) is 12.1. The summed E-state index contributed by atoms with van der Waals surface area (Å²) in [4.78, 5) is 14.8. The molecule has 5 heteroatoms. The molecule has 0 aromatic heterocycles. The number of nitrogens with zero attached hydrogens (tertiary/aromatic N) is 1. The number of benzene rings is 1. The molecule has 0 spiro atoms. The van der Waals surface area contributed by atoms with Crippen LogP contribution in [-0.2, 0) is 16.0 Å². The highest BCUT2D eigenvalue weighted by Gasteiger charge is 2.21. The van der Waals surface area contributed by atoms with Crippen LogP contribution in [0.15, 0.2) is 33.7 Å². The van der Waals surface area contributed by atoms with E-state index in [2.05, 4.69) is 20.9 Å². The molecule has 0 bridgehead atoms. The van der Waals surface area contributed by atoms with E-state index in [9.17, 15) is 4.79 Å². The smallest absolute Gasteiger partial charge is 0.305 e. The predicted molar refractivity (Wildman–Crippen MR) is 67.3 cm³/mol. The summed E-state index contributed by atoms with van der Waals surface area (Å²) in [5, 5.41) is 8.66. The summed E-state index contributed by atoms with van der Waals surface area (Å²) in [6.45, 7) is 0.367. The Kier molecular flexibility index (Phi) is 3.78. The van der Waals surface area contributed by atoms with Crippen molar-refractivity contribution < 1.29 is 14.6 Å². The topological polar surface area (TPSA) is 58.9 Å². The minimum absolute atomic E-state index is 0.0272. The number of carboxylic acids is 1. The maximum atomic E-state index is 10.5. The molecule has 1 heterocycles. The number of aliphatic imine (C=N–C) groups is 1. The molecule has 0 fully saturated rings. The van der Waals surface area contributed by atoms with Crippen LogP contribution in [0.2, 0.25) is 0 Å². The predicted octanol–water partition coefficient (Wildman–Crippen LogP) is 2.26. The van der Waals surface area contributed by atoms with E-state index in [1.165, 1.54) is 0 Å². The van der Waals surface area contributed by atoms with E-state index in [0.29, 0.717) is 18.9 Å². The highest BCUT2D eigenvalue weighted by atomic mass is 79.9. The Morgan fingerprint density at radius 3 is 3.00 bits per heavy atom. The van der Waals surface area contributed by atoms with Crippen LogP contribution < -0.4 is 0 Å². The van der Waals surface area contributed by atoms with Gasteiger partial charge >= 0.3 is 5.97 Å². The van der Waals surface area contributed by atoms with Gasteiger partial charge in [0.25, 0.3) is 0 Å². The molecule has 1 N–H and O–H groups in total. The summed E-state index contributed by atoms with van der Waals surface area (Å²) in [6, 6.07) is 7.59. The molecule has 0 aliphatic carbocycles. The Labute approximate surface area is 107 Å². The van der Waals surface area contributed by atoms with Gasteiger partial charge in [-0.3, -0.25) is 4.79 Å². The monoisotopic (exact) mass is 297 g/mol. The minimum Gasteiger partial charge on any atom is -0.481 e. The molecule has 0 radical (unpaired) electrons. The minimum atomic E-state index is -0.843. The van der Waals surface area contributed by atoms with Gasteiger partial charge in [-0.1, -0.05) is 34.1 Å². The van der Waals surface area contributed by atoms with E-state index in [-0.39, 0.29) is 12.5 Å². The van der Waals surface area contributed by atoms with Crippen LogP contribution in [0.5, 0.6) is 0 Å². The molecule has 1 aliphatic rings. The third-order valence-corrected chi connectivity index (χ3v) is 3.25. The second-order valence-electron chi connectivity index (χ2n) is 3.85. The molecular formula is C12H12BrNO3. The molecule has 1 aliphatic heterocycles. The lowest BCUT2D eigenvalue weighted by Gasteiger charge is -2.03. The first-order valence-corrected chi connectivity index (χ1v) is 6.09. The molecule has 1 aromatic carbocycles. The fourth-order valence-electron chi connectivity index (χ4n) is 1.68. The summed E-state index contributed by atoms with van der Waals surface area (Å²) in [7, 11) is 0. The van der Waals surface area contributed by atoms with Crippen molar-refractivity contribution in [1.29, 1.82) is 0 Å². The van der Waals surface area contributed by atoms with E-state index in [1.54, 1.807) is 0 Å². The molecular weight excluding hydrogens is 286 g/mol. The van der Waals surface area contributed by atoms with Crippen molar-refractivity contribution in [2.45, 2.75) is 18.9 Å². The van der Waals surface area contributed by atoms with Gasteiger partial charge in [-0.25, -0.2) is 4.99 Å². The summed E-state index contributed by atoms with van der Waals surface area (Å²) in [6.07, 6.45) is 0.622. The van der Waals surface area contributed by atoms with Gasteiger partial charge in [0, 0.05) is 10.9 Å². The average molecular weight is 298 g/mol. The molecule has 2 rings (SSSR count). The Balaban J connectivity index is 2.01. The Morgan fingerprint density at radius 1 is 1.53 bits per heavy atom. The lowest BCUT2D eigenvalue weighted by atomic mass is 10.1. The zero-order valence-corrected chi connectivity index (χ0v) is 10.7. The van der Waals surface area contributed by atoms with Crippen LogP contribution in [0.25, 0.3) is 0 Å². The van der Waals surface area contributed by atoms with Crippen molar-refractivity contribution >= 4 is 27.8 Å². The number of hydrogen-bond acceptors (Lipinski definition) is 3. The standard InChI is InChI=1S/C12H12BrNO3/c13-10-4-2-1-3-8(10)5-11-14-9(7-17-11)6-12(15)16/h1-4,9H,5-7H2,(H,15,16). The SMILES string of the molecule is O=C(O)CC1COC(Cc2ccccc2Br)=N1. The molecule has 0 saturated heterocycles. The molecule has 0 saturated carbocycles. The maximum Gasteiger partial charge on any atom is 0.305 e. The van der Waals surface area contributed by atoms with Gasteiger partial charge < -0.3 is 9.84 Å². The van der Waals surface area contributed by atoms with Crippen LogP contribution in [0.1, 0.15) is 12.0 Å². The molecule has 1 unspecified atom stereocenters. The Bertz CT molecular complexity index is 459. The second kappa shape index (κ2) is 5.31. The summed E-state index contributed by atoms with van der Waals surface area (Å²) < 4.78 is 6.40. The third-order valence-electron chi connectivity index (χ3n) is 2.48. The second-order valence-corrected chi connectivity index (χ2v) is 4.71. The number of ether oxygens (including phenoxy) is 1. The van der Waals surface area contributed by atoms with Gasteiger partial charge in [0.2, 0.25) is 0 Å². The highest BCUT2D eigenvalue weighted by molar-refractivity contribution is 9.10. The van der Waals surface area contributed by atoms with Crippen LogP contribution in [0, 0.1) is 0 Å². The van der Waals surface area contributed by atoms with E-state index < -0.39 is 5.97 Å². The lowest BCUT2D eigenvalue weighted by molar-refractivity contribution is -0.137. The molecule has 17 heavy (non-hydrogen) atoms. The normalized spacial score (nSPS) is 18.6. The highest BCUT2D eigenvalue weighted by Crippen LogP contribution is 2.19. The number of carbonyl (C=O) groups is 1. The van der Waals surface area contributed by atoms with E-state index in [4.69, 9.17) is 9.84 Å². The first-order valence-electron chi connectivity index (χ1n) is 5.30. The quantitative estimate of drug-likeness (QED) is 0.927. The summed E-state index contributed by atoms with van der Waals surface area (Å²) in [5.74, 6) is -0.229. The zero-order chi connectivity index (χ0) is 12.3. The number of carboxylic acid groups (broad SMARTS) is 1. The maximum absolute atomic E-state index is 10.5. The van der Waals surface area contributed by atoms with Crippen molar-refractivity contribution in [3.8, 4) is 0 Å². The van der Waals surface area contributed by atoms with Gasteiger partial charge in [0.1, 0.15) is 6.61 Å². The molecule has 1 aromatic rings. The zero-order valence-electron chi connectivity index (χ0n) is 9.10. The van der Waals surface area contributed by atoms with E-state index in [1.807, 2.05) is 24.3 Å². The molecule has 1 atom stereocenters. The van der Waals surface area contributed by atoms with Crippen molar-refractivity contribution in [2.24, 2.45) is 4.99 Å². The lowest BCUT2D eigenvalue weighted by Crippen LogP contribution is -2.12. The fraction of sp³-hybridized carbons (Fsp3) is 0.333. The van der Waals surface area contributed by atoms with Gasteiger partial charge in [-0.15, -0.1) is 0 Å². The third kappa shape index (κ3) is 3.30. The molecule has 0 amide bonds. The Hall–Kier alpha value is -1.36. The van der Waals surface area contributed by atoms with Gasteiger partial charge in [-0.2, -0.15) is 0 Å². The van der Waals surface area contributed by atoms with Crippen LogP contribution >= 0.6 is 15.9 Å². The average Bonchev–Trinajstić information content (AvgIpc) is 2.68. The van der Waals surface area contributed by atoms with Gasteiger partial charge in [-0.05, 0) is 11.6 Å². The van der Waals surface area contributed by atoms with E-state index in [0.717, 1.165) is 10.0 Å². The first-order chi connectivity index (χ1) is 8.15. The van der Waals surface area contributed by atoms with Crippen LogP contribution in [-0.4, -0.2) is 29.6 Å². The Morgan fingerprint density at radius 2 is 2.29 bits per heavy atom. The number of hydrogen-bond donors (Lipinski definition) is 1. The number of halogens is 1. The van der Waals surface area contributed by atoms with Crippen molar-refractivity contribution in [1.82, 2.24) is 0 Å². The molecule has 90 valence electrons. The van der Waals surface area contributed by atoms with Crippen molar-refractivity contribution in [2.75, 3.05) is 6.61 Å². The summed E-state index contributed by atoms with van der Waals surface area (Å²) in [5.41, 5.74) is 1.09. The molecule has 4 nitrogen and oxygen atoms in total.